The third kappa shape index (κ3) is 3.67. The van der Waals surface area contributed by atoms with E-state index in [9.17, 15) is 8.42 Å². The van der Waals surface area contributed by atoms with Gasteiger partial charge >= 0.3 is 0 Å². The number of nitrogens with one attached hydrogen (secondary N) is 1. The molecule has 0 atom stereocenters. The van der Waals surface area contributed by atoms with Crippen LogP contribution in [-0.2, 0) is 10.0 Å². The number of rotatable bonds is 6. The highest BCUT2D eigenvalue weighted by atomic mass is 32.2. The van der Waals surface area contributed by atoms with Gasteiger partial charge in [0.05, 0.1) is 4.90 Å². The van der Waals surface area contributed by atoms with E-state index >= 15 is 0 Å². The van der Waals surface area contributed by atoms with Gasteiger partial charge in [0.1, 0.15) is 0 Å². The van der Waals surface area contributed by atoms with Gasteiger partial charge in [0.15, 0.2) is 0 Å². The molecule has 1 N–H and O–H groups in total. The van der Waals surface area contributed by atoms with Crippen LogP contribution < -0.4 is 5.32 Å². The predicted molar refractivity (Wildman–Crippen MR) is 90.7 cm³/mol. The molecule has 1 saturated carbocycles. The summed E-state index contributed by atoms with van der Waals surface area (Å²) < 4.78 is 28.0. The van der Waals surface area contributed by atoms with E-state index in [0.29, 0.717) is 17.4 Å². The Labute approximate surface area is 137 Å². The van der Waals surface area contributed by atoms with Crippen LogP contribution in [0.3, 0.4) is 0 Å². The molecule has 1 aliphatic heterocycles. The second-order valence-corrected chi connectivity index (χ2v) is 8.95. The molecule has 4 nitrogen and oxygen atoms in total. The van der Waals surface area contributed by atoms with Crippen LogP contribution in [0, 0.1) is 5.92 Å². The summed E-state index contributed by atoms with van der Waals surface area (Å²) in [5.74, 6) is 0.565. The fraction of sp³-hybridized carbons (Fsp3) is 0.625. The van der Waals surface area contributed by atoms with Gasteiger partial charge in [0.25, 0.3) is 0 Å². The van der Waals surface area contributed by atoms with Crippen LogP contribution >= 0.6 is 11.8 Å². The predicted octanol–water partition coefficient (Wildman–Crippen LogP) is 2.56. The first-order chi connectivity index (χ1) is 10.6. The fourth-order valence-electron chi connectivity index (χ4n) is 2.98. The number of benzene rings is 1. The van der Waals surface area contributed by atoms with Crippen molar-refractivity contribution in [1.82, 2.24) is 9.62 Å². The Balaban J connectivity index is 1.85. The molecule has 122 valence electrons. The molecule has 1 aromatic carbocycles. The molecular weight excluding hydrogens is 316 g/mol. The highest BCUT2D eigenvalue weighted by Crippen LogP contribution is 2.34. The summed E-state index contributed by atoms with van der Waals surface area (Å²) in [7, 11) is -3.38. The number of nitrogens with zero attached hydrogens (tertiary/aromatic N) is 1. The standard InChI is InChI=1S/C16H24N2O2S2/c1-21-15-4-6-16(7-5-15)22(19,20)18(12-13-2-3-13)14-8-10-17-11-9-14/h4-7,13-14,17H,2-3,8-12H2,1H3. The van der Waals surface area contributed by atoms with E-state index in [0.717, 1.165) is 30.8 Å². The Morgan fingerprint density at radius 2 is 1.77 bits per heavy atom. The largest absolute Gasteiger partial charge is 0.317 e. The van der Waals surface area contributed by atoms with E-state index in [4.69, 9.17) is 0 Å². The van der Waals surface area contributed by atoms with Crippen molar-refractivity contribution >= 4 is 21.8 Å². The van der Waals surface area contributed by atoms with Crippen molar-refractivity contribution in [2.24, 2.45) is 5.92 Å². The number of hydrogen-bond donors (Lipinski definition) is 1. The molecule has 1 aliphatic carbocycles. The minimum absolute atomic E-state index is 0.145. The fourth-order valence-corrected chi connectivity index (χ4v) is 5.15. The topological polar surface area (TPSA) is 49.4 Å². The second-order valence-electron chi connectivity index (χ2n) is 6.17. The number of thioether (sulfide) groups is 1. The highest BCUT2D eigenvalue weighted by molar-refractivity contribution is 7.98. The smallest absolute Gasteiger partial charge is 0.243 e. The van der Waals surface area contributed by atoms with Gasteiger partial charge in [-0.25, -0.2) is 8.42 Å². The van der Waals surface area contributed by atoms with Crippen LogP contribution in [0.4, 0.5) is 0 Å². The summed E-state index contributed by atoms with van der Waals surface area (Å²) in [6, 6.07) is 7.45. The third-order valence-corrected chi connectivity index (χ3v) is 7.19. The zero-order valence-electron chi connectivity index (χ0n) is 13.0. The molecule has 2 fully saturated rings. The first kappa shape index (κ1) is 16.3. The van der Waals surface area contributed by atoms with E-state index < -0.39 is 10.0 Å². The summed E-state index contributed by atoms with van der Waals surface area (Å²) in [6.07, 6.45) is 6.16. The maximum absolute atomic E-state index is 13.1. The van der Waals surface area contributed by atoms with Crippen LogP contribution in [0.25, 0.3) is 0 Å². The van der Waals surface area contributed by atoms with Crippen molar-refractivity contribution in [2.45, 2.75) is 41.5 Å². The minimum atomic E-state index is -3.38. The molecule has 3 rings (SSSR count). The SMILES string of the molecule is CSc1ccc(S(=O)(=O)N(CC2CC2)C2CCNCC2)cc1. The summed E-state index contributed by atoms with van der Waals surface area (Å²) in [4.78, 5) is 1.53. The van der Waals surface area contributed by atoms with Crippen LogP contribution in [-0.4, -0.2) is 44.7 Å². The lowest BCUT2D eigenvalue weighted by Crippen LogP contribution is -2.46. The summed E-state index contributed by atoms with van der Waals surface area (Å²) in [5, 5.41) is 3.32. The van der Waals surface area contributed by atoms with Gasteiger partial charge in [-0.1, -0.05) is 0 Å². The monoisotopic (exact) mass is 340 g/mol. The molecule has 0 aromatic heterocycles. The zero-order chi connectivity index (χ0) is 15.6. The van der Waals surface area contributed by atoms with Crippen molar-refractivity contribution in [3.63, 3.8) is 0 Å². The Morgan fingerprint density at radius 3 is 2.32 bits per heavy atom. The molecule has 0 bridgehead atoms. The van der Waals surface area contributed by atoms with Gasteiger partial charge in [0, 0.05) is 17.5 Å². The Hall–Kier alpha value is -0.560. The Bertz CT molecular complexity index is 591. The Kier molecular flexibility index (Phi) is 5.12. The number of hydrogen-bond acceptors (Lipinski definition) is 4. The lowest BCUT2D eigenvalue weighted by atomic mass is 10.1. The number of piperidine rings is 1. The first-order valence-corrected chi connectivity index (χ1v) is 10.6. The first-order valence-electron chi connectivity index (χ1n) is 7.98. The maximum Gasteiger partial charge on any atom is 0.243 e. The van der Waals surface area contributed by atoms with E-state index in [1.807, 2.05) is 18.4 Å². The third-order valence-electron chi connectivity index (χ3n) is 4.52. The zero-order valence-corrected chi connectivity index (χ0v) is 14.6. The molecule has 2 aliphatic rings. The highest BCUT2D eigenvalue weighted by Gasteiger charge is 2.36. The molecule has 1 heterocycles. The van der Waals surface area contributed by atoms with Crippen LogP contribution in [0.2, 0.25) is 0 Å². The van der Waals surface area contributed by atoms with Crippen molar-refractivity contribution in [3.05, 3.63) is 24.3 Å². The molecule has 0 unspecified atom stereocenters. The molecule has 0 amide bonds. The van der Waals surface area contributed by atoms with Crippen molar-refractivity contribution < 1.29 is 8.42 Å². The molecular formula is C16H24N2O2S2. The molecule has 1 aromatic rings. The molecule has 6 heteroatoms. The van der Waals surface area contributed by atoms with Gasteiger partial charge in [-0.15, -0.1) is 11.8 Å². The molecule has 22 heavy (non-hydrogen) atoms. The van der Waals surface area contributed by atoms with Gasteiger partial charge in [0.2, 0.25) is 10.0 Å². The van der Waals surface area contributed by atoms with Crippen LogP contribution in [0.15, 0.2) is 34.1 Å². The lowest BCUT2D eigenvalue weighted by molar-refractivity contribution is 0.255. The normalized spacial score (nSPS) is 20.5. The van der Waals surface area contributed by atoms with E-state index in [-0.39, 0.29) is 6.04 Å². The number of sulfonamides is 1. The van der Waals surface area contributed by atoms with Crippen LogP contribution in [0.5, 0.6) is 0 Å². The van der Waals surface area contributed by atoms with Gasteiger partial charge in [-0.3, -0.25) is 0 Å². The quantitative estimate of drug-likeness (QED) is 0.809. The second kappa shape index (κ2) is 6.91. The van der Waals surface area contributed by atoms with Gasteiger partial charge in [-0.2, -0.15) is 4.31 Å². The summed E-state index contributed by atoms with van der Waals surface area (Å²) in [5.41, 5.74) is 0. The summed E-state index contributed by atoms with van der Waals surface area (Å²) in [6.45, 7) is 2.51. The van der Waals surface area contributed by atoms with Gasteiger partial charge < -0.3 is 5.32 Å². The van der Waals surface area contributed by atoms with Crippen molar-refractivity contribution in [2.75, 3.05) is 25.9 Å². The van der Waals surface area contributed by atoms with Crippen molar-refractivity contribution in [1.29, 1.82) is 0 Å². The average Bonchev–Trinajstić information content (AvgIpc) is 3.37. The van der Waals surface area contributed by atoms with E-state index in [1.165, 1.54) is 12.8 Å². The lowest BCUT2D eigenvalue weighted by Gasteiger charge is -2.34. The van der Waals surface area contributed by atoms with Crippen LogP contribution in [0.1, 0.15) is 25.7 Å². The Morgan fingerprint density at radius 1 is 1.14 bits per heavy atom. The average molecular weight is 341 g/mol. The molecule has 0 spiro atoms. The molecule has 0 radical (unpaired) electrons. The van der Waals surface area contributed by atoms with E-state index in [1.54, 1.807) is 28.2 Å². The van der Waals surface area contributed by atoms with Crippen molar-refractivity contribution in [3.8, 4) is 0 Å². The van der Waals surface area contributed by atoms with E-state index in [2.05, 4.69) is 5.32 Å². The van der Waals surface area contributed by atoms with Gasteiger partial charge in [-0.05, 0) is 75.2 Å². The minimum Gasteiger partial charge on any atom is -0.317 e. The molecule has 1 saturated heterocycles. The maximum atomic E-state index is 13.1. The summed E-state index contributed by atoms with van der Waals surface area (Å²) >= 11 is 1.63.